The van der Waals surface area contributed by atoms with Gasteiger partial charge < -0.3 is 5.73 Å². The van der Waals surface area contributed by atoms with Crippen molar-refractivity contribution in [3.05, 3.63) is 35.6 Å². The molecule has 0 bridgehead atoms. The van der Waals surface area contributed by atoms with E-state index in [9.17, 15) is 12.8 Å². The minimum absolute atomic E-state index is 0.135. The van der Waals surface area contributed by atoms with Crippen molar-refractivity contribution in [1.82, 2.24) is 9.03 Å². The highest BCUT2D eigenvalue weighted by Crippen LogP contribution is 2.04. The van der Waals surface area contributed by atoms with Gasteiger partial charge in [0, 0.05) is 20.1 Å². The summed E-state index contributed by atoms with van der Waals surface area (Å²) in [5.41, 5.74) is 6.02. The van der Waals surface area contributed by atoms with E-state index < -0.39 is 10.2 Å². The van der Waals surface area contributed by atoms with Crippen molar-refractivity contribution in [3.63, 3.8) is 0 Å². The highest BCUT2D eigenvalue weighted by atomic mass is 32.2. The Morgan fingerprint density at radius 1 is 1.33 bits per heavy atom. The predicted molar refractivity (Wildman–Crippen MR) is 68.5 cm³/mol. The monoisotopic (exact) mass is 275 g/mol. The van der Waals surface area contributed by atoms with Gasteiger partial charge >= 0.3 is 0 Å². The molecule has 0 aliphatic heterocycles. The van der Waals surface area contributed by atoms with Crippen LogP contribution in [-0.4, -0.2) is 32.9 Å². The molecular weight excluding hydrogens is 257 g/mol. The topological polar surface area (TPSA) is 75.4 Å². The molecular formula is C11H18FN3O2S. The molecule has 0 atom stereocenters. The molecule has 102 valence electrons. The second-order valence-electron chi connectivity index (χ2n) is 3.92. The quantitative estimate of drug-likeness (QED) is 0.758. The maximum absolute atomic E-state index is 12.7. The Morgan fingerprint density at radius 3 is 2.50 bits per heavy atom. The van der Waals surface area contributed by atoms with Crippen LogP contribution in [0.2, 0.25) is 0 Å². The van der Waals surface area contributed by atoms with E-state index in [2.05, 4.69) is 4.72 Å². The first-order valence-electron chi connectivity index (χ1n) is 5.61. The van der Waals surface area contributed by atoms with Gasteiger partial charge in [0.15, 0.2) is 0 Å². The van der Waals surface area contributed by atoms with Gasteiger partial charge in [-0.2, -0.15) is 17.4 Å². The van der Waals surface area contributed by atoms with Crippen LogP contribution in [0.5, 0.6) is 0 Å². The average molecular weight is 275 g/mol. The van der Waals surface area contributed by atoms with E-state index >= 15 is 0 Å². The standard InChI is InChI=1S/C11H18FN3O2S/c1-15(8-2-7-13)18(16,17)14-9-10-3-5-11(12)6-4-10/h3-6,14H,2,7-9,13H2,1H3. The molecule has 0 heterocycles. The van der Waals surface area contributed by atoms with Crippen LogP contribution in [0.1, 0.15) is 12.0 Å². The van der Waals surface area contributed by atoms with Crippen LogP contribution in [0.25, 0.3) is 0 Å². The summed E-state index contributed by atoms with van der Waals surface area (Å²) in [4.78, 5) is 0. The predicted octanol–water partition coefficient (Wildman–Crippen LogP) is 0.441. The number of hydrogen-bond acceptors (Lipinski definition) is 3. The zero-order valence-electron chi connectivity index (χ0n) is 10.3. The lowest BCUT2D eigenvalue weighted by molar-refractivity contribution is 0.452. The third kappa shape index (κ3) is 4.69. The van der Waals surface area contributed by atoms with Crippen LogP contribution >= 0.6 is 0 Å². The van der Waals surface area contributed by atoms with Crippen LogP contribution in [0.3, 0.4) is 0 Å². The van der Waals surface area contributed by atoms with Crippen LogP contribution in [0.15, 0.2) is 24.3 Å². The van der Waals surface area contributed by atoms with E-state index in [4.69, 9.17) is 5.73 Å². The Kier molecular flexibility index (Phi) is 5.67. The number of halogens is 1. The number of nitrogens with one attached hydrogen (secondary N) is 1. The number of hydrogen-bond donors (Lipinski definition) is 2. The fraction of sp³-hybridized carbons (Fsp3) is 0.455. The highest BCUT2D eigenvalue weighted by molar-refractivity contribution is 7.87. The van der Waals surface area contributed by atoms with Gasteiger partial charge in [-0.05, 0) is 30.7 Å². The van der Waals surface area contributed by atoms with Gasteiger partial charge in [-0.25, -0.2) is 4.39 Å². The summed E-state index contributed by atoms with van der Waals surface area (Å²) >= 11 is 0. The summed E-state index contributed by atoms with van der Waals surface area (Å²) in [6.45, 7) is 0.947. The van der Waals surface area contributed by atoms with Crippen LogP contribution < -0.4 is 10.5 Å². The van der Waals surface area contributed by atoms with E-state index in [-0.39, 0.29) is 12.4 Å². The van der Waals surface area contributed by atoms with E-state index in [1.807, 2.05) is 0 Å². The van der Waals surface area contributed by atoms with Gasteiger partial charge in [-0.3, -0.25) is 0 Å². The van der Waals surface area contributed by atoms with Gasteiger partial charge in [0.25, 0.3) is 10.2 Å². The molecule has 0 fully saturated rings. The lowest BCUT2D eigenvalue weighted by Crippen LogP contribution is -2.38. The molecule has 0 aromatic heterocycles. The molecule has 0 aliphatic rings. The van der Waals surface area contributed by atoms with Gasteiger partial charge in [0.05, 0.1) is 0 Å². The van der Waals surface area contributed by atoms with E-state index in [1.165, 1.54) is 35.6 Å². The van der Waals surface area contributed by atoms with Crippen molar-refractivity contribution in [1.29, 1.82) is 0 Å². The zero-order valence-corrected chi connectivity index (χ0v) is 11.1. The first kappa shape index (κ1) is 15.0. The first-order chi connectivity index (χ1) is 8.45. The average Bonchev–Trinajstić information content (AvgIpc) is 2.35. The fourth-order valence-electron chi connectivity index (χ4n) is 1.32. The Labute approximate surface area is 107 Å². The Hall–Kier alpha value is -1.02. The molecule has 18 heavy (non-hydrogen) atoms. The van der Waals surface area contributed by atoms with Crippen molar-refractivity contribution in [3.8, 4) is 0 Å². The van der Waals surface area contributed by atoms with E-state index in [1.54, 1.807) is 0 Å². The summed E-state index contributed by atoms with van der Waals surface area (Å²) in [7, 11) is -2.02. The lowest BCUT2D eigenvalue weighted by Gasteiger charge is -2.17. The van der Waals surface area contributed by atoms with Crippen LogP contribution in [0.4, 0.5) is 4.39 Å². The van der Waals surface area contributed by atoms with Crippen molar-refractivity contribution in [2.75, 3.05) is 20.1 Å². The third-order valence-corrected chi connectivity index (χ3v) is 3.97. The second-order valence-corrected chi connectivity index (χ2v) is 5.78. The van der Waals surface area contributed by atoms with E-state index in [0.717, 1.165) is 0 Å². The maximum atomic E-state index is 12.7. The van der Waals surface area contributed by atoms with Gasteiger partial charge in [0.2, 0.25) is 0 Å². The lowest BCUT2D eigenvalue weighted by atomic mass is 10.2. The smallest absolute Gasteiger partial charge is 0.279 e. The minimum Gasteiger partial charge on any atom is -0.330 e. The van der Waals surface area contributed by atoms with Crippen LogP contribution in [-0.2, 0) is 16.8 Å². The first-order valence-corrected chi connectivity index (χ1v) is 7.05. The molecule has 0 aliphatic carbocycles. The van der Waals surface area contributed by atoms with Gasteiger partial charge in [-0.15, -0.1) is 0 Å². The number of rotatable bonds is 7. The molecule has 1 rings (SSSR count). The summed E-state index contributed by atoms with van der Waals surface area (Å²) in [5.74, 6) is -0.346. The van der Waals surface area contributed by atoms with Crippen LogP contribution in [0, 0.1) is 5.82 Å². The largest absolute Gasteiger partial charge is 0.330 e. The highest BCUT2D eigenvalue weighted by Gasteiger charge is 2.16. The Morgan fingerprint density at radius 2 is 1.94 bits per heavy atom. The maximum Gasteiger partial charge on any atom is 0.279 e. The second kappa shape index (κ2) is 6.79. The molecule has 0 amide bonds. The zero-order chi connectivity index (χ0) is 13.6. The molecule has 0 spiro atoms. The summed E-state index contributed by atoms with van der Waals surface area (Å²) in [6, 6.07) is 5.67. The number of nitrogens with two attached hydrogens (primary N) is 1. The van der Waals surface area contributed by atoms with Crippen molar-refractivity contribution in [2.24, 2.45) is 5.73 Å². The molecule has 0 radical (unpaired) electrons. The molecule has 1 aromatic rings. The van der Waals surface area contributed by atoms with Crippen molar-refractivity contribution < 1.29 is 12.8 Å². The Bertz CT molecular complexity index is 462. The SMILES string of the molecule is CN(CCCN)S(=O)(=O)NCc1ccc(F)cc1. The fourth-order valence-corrected chi connectivity index (χ4v) is 2.26. The molecule has 0 saturated heterocycles. The summed E-state index contributed by atoms with van der Waals surface area (Å²) in [6.07, 6.45) is 0.605. The number of nitrogens with zero attached hydrogens (tertiary/aromatic N) is 1. The van der Waals surface area contributed by atoms with Crippen molar-refractivity contribution >= 4 is 10.2 Å². The summed E-state index contributed by atoms with van der Waals surface area (Å²) < 4.78 is 39.9. The normalized spacial score (nSPS) is 12.0. The molecule has 7 heteroatoms. The van der Waals surface area contributed by atoms with Crippen molar-refractivity contribution in [2.45, 2.75) is 13.0 Å². The molecule has 5 nitrogen and oxygen atoms in total. The summed E-state index contributed by atoms with van der Waals surface area (Å²) in [5, 5.41) is 0. The van der Waals surface area contributed by atoms with E-state index in [0.29, 0.717) is 25.1 Å². The molecule has 0 unspecified atom stereocenters. The minimum atomic E-state index is -3.51. The Balaban J connectivity index is 2.53. The van der Waals surface area contributed by atoms with Gasteiger partial charge in [0.1, 0.15) is 5.82 Å². The molecule has 3 N–H and O–H groups in total. The molecule has 0 saturated carbocycles. The number of benzene rings is 1. The van der Waals surface area contributed by atoms with Gasteiger partial charge in [-0.1, -0.05) is 12.1 Å². The third-order valence-electron chi connectivity index (χ3n) is 2.46. The molecule has 1 aromatic carbocycles.